The third-order valence-electron chi connectivity index (χ3n) is 1.82. The molecule has 1 aliphatic rings. The van der Waals surface area contributed by atoms with Crippen LogP contribution in [0.4, 0.5) is 0 Å². The van der Waals surface area contributed by atoms with Gasteiger partial charge in [-0.1, -0.05) is 30.7 Å². The molecule has 0 aromatic rings. The highest BCUT2D eigenvalue weighted by Gasteiger charge is 2.01. The van der Waals surface area contributed by atoms with Crippen molar-refractivity contribution in [2.24, 2.45) is 11.7 Å². The van der Waals surface area contributed by atoms with Gasteiger partial charge in [0.15, 0.2) is 0 Å². The van der Waals surface area contributed by atoms with Crippen LogP contribution in [0.1, 0.15) is 19.8 Å². The first-order valence-corrected chi connectivity index (χ1v) is 3.90. The van der Waals surface area contributed by atoms with Crippen LogP contribution in [0.2, 0.25) is 0 Å². The van der Waals surface area contributed by atoms with Gasteiger partial charge in [-0.25, -0.2) is 0 Å². The molecule has 0 aliphatic heterocycles. The SMILES string of the molecule is CC1C=CC(CCN)=CC1. The van der Waals surface area contributed by atoms with Gasteiger partial charge in [0.1, 0.15) is 0 Å². The highest BCUT2D eigenvalue weighted by molar-refractivity contribution is 5.23. The normalized spacial score (nSPS) is 24.6. The Kier molecular flexibility index (Phi) is 2.69. The summed E-state index contributed by atoms with van der Waals surface area (Å²) in [6, 6.07) is 0. The molecule has 0 heterocycles. The Labute approximate surface area is 62.6 Å². The van der Waals surface area contributed by atoms with Gasteiger partial charge in [0, 0.05) is 0 Å². The van der Waals surface area contributed by atoms with Gasteiger partial charge in [0.2, 0.25) is 0 Å². The van der Waals surface area contributed by atoms with Gasteiger partial charge in [-0.3, -0.25) is 0 Å². The van der Waals surface area contributed by atoms with E-state index in [1.807, 2.05) is 0 Å². The van der Waals surface area contributed by atoms with Gasteiger partial charge in [-0.15, -0.1) is 0 Å². The van der Waals surface area contributed by atoms with Gasteiger partial charge >= 0.3 is 0 Å². The van der Waals surface area contributed by atoms with Crippen LogP contribution in [0, 0.1) is 5.92 Å². The summed E-state index contributed by atoms with van der Waals surface area (Å²) in [4.78, 5) is 0. The molecule has 1 nitrogen and oxygen atoms in total. The van der Waals surface area contributed by atoms with Crippen molar-refractivity contribution in [3.05, 3.63) is 23.8 Å². The maximum absolute atomic E-state index is 5.42. The molecular weight excluding hydrogens is 122 g/mol. The van der Waals surface area contributed by atoms with E-state index in [2.05, 4.69) is 25.2 Å². The zero-order valence-electron chi connectivity index (χ0n) is 6.51. The second kappa shape index (κ2) is 3.57. The van der Waals surface area contributed by atoms with E-state index in [-0.39, 0.29) is 0 Å². The Balaban J connectivity index is 2.42. The van der Waals surface area contributed by atoms with Gasteiger partial charge < -0.3 is 5.73 Å². The minimum Gasteiger partial charge on any atom is -0.330 e. The molecule has 0 spiro atoms. The van der Waals surface area contributed by atoms with Crippen molar-refractivity contribution < 1.29 is 0 Å². The Morgan fingerprint density at radius 3 is 3.00 bits per heavy atom. The van der Waals surface area contributed by atoms with Gasteiger partial charge in [0.05, 0.1) is 0 Å². The summed E-state index contributed by atoms with van der Waals surface area (Å²) in [5, 5.41) is 0. The fourth-order valence-corrected chi connectivity index (χ4v) is 1.12. The summed E-state index contributed by atoms with van der Waals surface area (Å²) in [6.07, 6.45) is 8.96. The number of hydrogen-bond donors (Lipinski definition) is 1. The van der Waals surface area contributed by atoms with E-state index in [4.69, 9.17) is 5.73 Å². The Morgan fingerprint density at radius 2 is 2.50 bits per heavy atom. The van der Waals surface area contributed by atoms with Gasteiger partial charge in [-0.2, -0.15) is 0 Å². The first-order chi connectivity index (χ1) is 4.83. The second-order valence-electron chi connectivity index (χ2n) is 2.89. The van der Waals surface area contributed by atoms with Crippen molar-refractivity contribution in [3.8, 4) is 0 Å². The zero-order chi connectivity index (χ0) is 7.40. The minimum atomic E-state index is 0.724. The fourth-order valence-electron chi connectivity index (χ4n) is 1.12. The lowest BCUT2D eigenvalue weighted by Gasteiger charge is -2.10. The Bertz CT molecular complexity index is 156. The fraction of sp³-hybridized carbons (Fsp3) is 0.556. The molecule has 1 unspecified atom stereocenters. The van der Waals surface area contributed by atoms with E-state index in [1.54, 1.807) is 0 Å². The van der Waals surface area contributed by atoms with Crippen LogP contribution in [0.25, 0.3) is 0 Å². The lowest BCUT2D eigenvalue weighted by Crippen LogP contribution is -2.02. The molecule has 1 rings (SSSR count). The van der Waals surface area contributed by atoms with Crippen molar-refractivity contribution in [3.63, 3.8) is 0 Å². The lowest BCUT2D eigenvalue weighted by atomic mass is 9.97. The molecule has 10 heavy (non-hydrogen) atoms. The monoisotopic (exact) mass is 137 g/mol. The molecule has 2 N–H and O–H groups in total. The van der Waals surface area contributed by atoms with E-state index in [0.29, 0.717) is 0 Å². The third kappa shape index (κ3) is 1.99. The zero-order valence-corrected chi connectivity index (χ0v) is 6.51. The molecule has 0 bridgehead atoms. The molecule has 1 atom stereocenters. The maximum atomic E-state index is 5.42. The second-order valence-corrected chi connectivity index (χ2v) is 2.89. The van der Waals surface area contributed by atoms with Crippen molar-refractivity contribution in [1.82, 2.24) is 0 Å². The van der Waals surface area contributed by atoms with E-state index in [9.17, 15) is 0 Å². The van der Waals surface area contributed by atoms with Crippen LogP contribution in [-0.2, 0) is 0 Å². The maximum Gasteiger partial charge on any atom is -0.00368 e. The summed E-state index contributed by atoms with van der Waals surface area (Å²) in [6.45, 7) is 3.00. The smallest absolute Gasteiger partial charge is 0.00368 e. The summed E-state index contributed by atoms with van der Waals surface area (Å²) in [5.74, 6) is 0.724. The van der Waals surface area contributed by atoms with Crippen LogP contribution >= 0.6 is 0 Å². The number of allylic oxidation sites excluding steroid dienone is 3. The molecule has 0 aromatic carbocycles. The molecule has 0 saturated carbocycles. The number of hydrogen-bond acceptors (Lipinski definition) is 1. The van der Waals surface area contributed by atoms with E-state index >= 15 is 0 Å². The average Bonchev–Trinajstić information content (AvgIpc) is 1.95. The van der Waals surface area contributed by atoms with Gasteiger partial charge in [0.25, 0.3) is 0 Å². The van der Waals surface area contributed by atoms with Crippen molar-refractivity contribution >= 4 is 0 Å². The predicted molar refractivity (Wildman–Crippen MR) is 44.7 cm³/mol. The molecule has 56 valence electrons. The highest BCUT2D eigenvalue weighted by atomic mass is 14.5. The molecule has 0 amide bonds. The van der Waals surface area contributed by atoms with E-state index in [1.165, 1.54) is 12.0 Å². The van der Waals surface area contributed by atoms with Crippen LogP contribution in [0.5, 0.6) is 0 Å². The topological polar surface area (TPSA) is 26.0 Å². The predicted octanol–water partition coefficient (Wildman–Crippen LogP) is 1.86. The van der Waals surface area contributed by atoms with E-state index < -0.39 is 0 Å². The number of rotatable bonds is 2. The van der Waals surface area contributed by atoms with Crippen LogP contribution in [-0.4, -0.2) is 6.54 Å². The first-order valence-electron chi connectivity index (χ1n) is 3.90. The van der Waals surface area contributed by atoms with Crippen molar-refractivity contribution in [2.75, 3.05) is 6.54 Å². The molecule has 1 aliphatic carbocycles. The Morgan fingerprint density at radius 1 is 1.70 bits per heavy atom. The van der Waals surface area contributed by atoms with Crippen LogP contribution in [0.3, 0.4) is 0 Å². The minimum absolute atomic E-state index is 0.724. The molecule has 0 aromatic heterocycles. The standard InChI is InChI=1S/C9H15N/c1-8-2-4-9(5-3-8)6-7-10/h2,4-5,8H,3,6-7,10H2,1H3. The summed E-state index contributed by atoms with van der Waals surface area (Å²) >= 11 is 0. The molecule has 0 radical (unpaired) electrons. The Hall–Kier alpha value is -0.560. The van der Waals surface area contributed by atoms with Crippen LogP contribution in [0.15, 0.2) is 23.8 Å². The van der Waals surface area contributed by atoms with Gasteiger partial charge in [-0.05, 0) is 25.3 Å². The first kappa shape index (κ1) is 7.55. The molecular formula is C9H15N. The lowest BCUT2D eigenvalue weighted by molar-refractivity contribution is 0.724. The van der Waals surface area contributed by atoms with E-state index in [0.717, 1.165) is 18.9 Å². The number of nitrogens with two attached hydrogens (primary N) is 1. The van der Waals surface area contributed by atoms with Crippen molar-refractivity contribution in [1.29, 1.82) is 0 Å². The summed E-state index contributed by atoms with van der Waals surface area (Å²) in [5.41, 5.74) is 6.82. The largest absolute Gasteiger partial charge is 0.330 e. The molecule has 1 heteroatoms. The molecule has 0 fully saturated rings. The average molecular weight is 137 g/mol. The summed E-state index contributed by atoms with van der Waals surface area (Å²) in [7, 11) is 0. The molecule has 0 saturated heterocycles. The highest BCUT2D eigenvalue weighted by Crippen LogP contribution is 2.16. The third-order valence-corrected chi connectivity index (χ3v) is 1.82. The van der Waals surface area contributed by atoms with Crippen molar-refractivity contribution in [2.45, 2.75) is 19.8 Å². The van der Waals surface area contributed by atoms with Crippen LogP contribution < -0.4 is 5.73 Å². The quantitative estimate of drug-likeness (QED) is 0.617. The summed E-state index contributed by atoms with van der Waals surface area (Å²) < 4.78 is 0.